The first-order valence-corrected chi connectivity index (χ1v) is 9.11. The van der Waals surface area contributed by atoms with Gasteiger partial charge in [0.05, 0.1) is 6.54 Å². The molecule has 0 aliphatic rings. The Morgan fingerprint density at radius 1 is 1.08 bits per heavy atom. The average Bonchev–Trinajstić information content (AvgIpc) is 2.47. The summed E-state index contributed by atoms with van der Waals surface area (Å²) in [5, 5.41) is 6.47. The lowest BCUT2D eigenvalue weighted by atomic mass is 10.0. The smallest absolute Gasteiger partial charge is 0.242 e. The SMILES string of the molecule is CCN(CC)C(C(=O)NCC(=O)NC(C)(C)C)c1cc(Cl)cc(Cl)c1. The Labute approximate surface area is 160 Å². The summed E-state index contributed by atoms with van der Waals surface area (Å²) in [4.78, 5) is 26.7. The van der Waals surface area contributed by atoms with Gasteiger partial charge in [0, 0.05) is 15.6 Å². The van der Waals surface area contributed by atoms with Crippen molar-refractivity contribution in [3.05, 3.63) is 33.8 Å². The van der Waals surface area contributed by atoms with Crippen LogP contribution in [0, 0.1) is 0 Å². The van der Waals surface area contributed by atoms with Crippen LogP contribution in [0.3, 0.4) is 0 Å². The number of halogens is 2. The Bertz CT molecular complexity index is 591. The zero-order chi connectivity index (χ0) is 19.2. The minimum absolute atomic E-state index is 0.0812. The van der Waals surface area contributed by atoms with E-state index in [1.807, 2.05) is 39.5 Å². The molecule has 1 aromatic rings. The van der Waals surface area contributed by atoms with Crippen LogP contribution in [0.2, 0.25) is 10.0 Å². The van der Waals surface area contributed by atoms with Crippen LogP contribution in [0.15, 0.2) is 18.2 Å². The molecule has 0 radical (unpaired) electrons. The molecular formula is C18H27Cl2N3O2. The van der Waals surface area contributed by atoms with Crippen molar-refractivity contribution in [2.45, 2.75) is 46.2 Å². The van der Waals surface area contributed by atoms with Crippen molar-refractivity contribution >= 4 is 35.0 Å². The van der Waals surface area contributed by atoms with E-state index >= 15 is 0 Å². The number of hydrogen-bond donors (Lipinski definition) is 2. The average molecular weight is 388 g/mol. The normalized spacial score (nSPS) is 12.8. The minimum Gasteiger partial charge on any atom is -0.350 e. The molecule has 140 valence electrons. The number of amides is 2. The van der Waals surface area contributed by atoms with Crippen LogP contribution >= 0.6 is 23.2 Å². The van der Waals surface area contributed by atoms with Gasteiger partial charge in [0.25, 0.3) is 0 Å². The molecule has 5 nitrogen and oxygen atoms in total. The van der Waals surface area contributed by atoms with E-state index in [9.17, 15) is 9.59 Å². The van der Waals surface area contributed by atoms with Gasteiger partial charge in [-0.3, -0.25) is 14.5 Å². The largest absolute Gasteiger partial charge is 0.350 e. The van der Waals surface area contributed by atoms with Crippen molar-refractivity contribution in [2.24, 2.45) is 0 Å². The van der Waals surface area contributed by atoms with Crippen molar-refractivity contribution in [1.29, 1.82) is 0 Å². The molecule has 0 saturated carbocycles. The highest BCUT2D eigenvalue weighted by atomic mass is 35.5. The van der Waals surface area contributed by atoms with Gasteiger partial charge in [-0.2, -0.15) is 0 Å². The fourth-order valence-corrected chi connectivity index (χ4v) is 3.12. The summed E-state index contributed by atoms with van der Waals surface area (Å²) in [6.07, 6.45) is 0. The lowest BCUT2D eigenvalue weighted by molar-refractivity contribution is -0.130. The van der Waals surface area contributed by atoms with E-state index in [1.165, 1.54) is 0 Å². The van der Waals surface area contributed by atoms with Gasteiger partial charge in [-0.05, 0) is 57.6 Å². The second-order valence-corrected chi connectivity index (χ2v) is 7.72. The third-order valence-electron chi connectivity index (χ3n) is 3.56. The van der Waals surface area contributed by atoms with E-state index in [4.69, 9.17) is 23.2 Å². The quantitative estimate of drug-likeness (QED) is 0.753. The van der Waals surface area contributed by atoms with E-state index in [1.54, 1.807) is 18.2 Å². The summed E-state index contributed by atoms with van der Waals surface area (Å²) < 4.78 is 0. The molecule has 2 N–H and O–H groups in total. The maximum absolute atomic E-state index is 12.8. The molecule has 0 aromatic heterocycles. The Hall–Kier alpha value is -1.30. The summed E-state index contributed by atoms with van der Waals surface area (Å²) in [7, 11) is 0. The maximum atomic E-state index is 12.8. The number of benzene rings is 1. The molecule has 0 aliphatic heterocycles. The van der Waals surface area contributed by atoms with Gasteiger partial charge >= 0.3 is 0 Å². The van der Waals surface area contributed by atoms with Gasteiger partial charge in [-0.15, -0.1) is 0 Å². The van der Waals surface area contributed by atoms with E-state index in [2.05, 4.69) is 10.6 Å². The zero-order valence-electron chi connectivity index (χ0n) is 15.5. The predicted octanol–water partition coefficient (Wildman–Crippen LogP) is 3.41. The molecule has 0 bridgehead atoms. The molecule has 1 atom stereocenters. The van der Waals surface area contributed by atoms with E-state index in [0.717, 1.165) is 0 Å². The molecule has 0 fully saturated rings. The number of hydrogen-bond acceptors (Lipinski definition) is 3. The molecular weight excluding hydrogens is 361 g/mol. The maximum Gasteiger partial charge on any atom is 0.242 e. The fraction of sp³-hybridized carbons (Fsp3) is 0.556. The summed E-state index contributed by atoms with van der Waals surface area (Å²) in [5.74, 6) is -0.491. The van der Waals surface area contributed by atoms with Crippen molar-refractivity contribution in [3.63, 3.8) is 0 Å². The summed E-state index contributed by atoms with van der Waals surface area (Å²) in [6, 6.07) is 4.52. The highest BCUT2D eigenvalue weighted by Crippen LogP contribution is 2.27. The second kappa shape index (κ2) is 9.41. The van der Waals surface area contributed by atoms with Gasteiger partial charge in [0.1, 0.15) is 6.04 Å². The van der Waals surface area contributed by atoms with Crippen LogP contribution in [-0.2, 0) is 9.59 Å². The third-order valence-corrected chi connectivity index (χ3v) is 4.00. The van der Waals surface area contributed by atoms with E-state index < -0.39 is 6.04 Å². The number of carbonyl (C=O) groups excluding carboxylic acids is 2. The first-order chi connectivity index (χ1) is 11.6. The first kappa shape index (κ1) is 21.7. The number of carbonyl (C=O) groups is 2. The lowest BCUT2D eigenvalue weighted by Gasteiger charge is -2.29. The van der Waals surface area contributed by atoms with Crippen molar-refractivity contribution in [3.8, 4) is 0 Å². The molecule has 2 amide bonds. The van der Waals surface area contributed by atoms with Crippen molar-refractivity contribution in [2.75, 3.05) is 19.6 Å². The predicted molar refractivity (Wildman–Crippen MR) is 103 cm³/mol. The molecule has 0 heterocycles. The van der Waals surface area contributed by atoms with Crippen LogP contribution in [-0.4, -0.2) is 41.9 Å². The Kier molecular flexibility index (Phi) is 8.19. The second-order valence-electron chi connectivity index (χ2n) is 6.84. The van der Waals surface area contributed by atoms with Crippen molar-refractivity contribution < 1.29 is 9.59 Å². The van der Waals surface area contributed by atoms with Gasteiger partial charge in [0.2, 0.25) is 11.8 Å². The van der Waals surface area contributed by atoms with Gasteiger partial charge in [0.15, 0.2) is 0 Å². The molecule has 1 rings (SSSR count). The number of likely N-dealkylation sites (N-methyl/N-ethyl adjacent to an activating group) is 1. The lowest BCUT2D eigenvalue weighted by Crippen LogP contribution is -2.48. The van der Waals surface area contributed by atoms with Crippen molar-refractivity contribution in [1.82, 2.24) is 15.5 Å². The molecule has 0 spiro atoms. The van der Waals surface area contributed by atoms with Crippen LogP contribution in [0.5, 0.6) is 0 Å². The Morgan fingerprint density at radius 2 is 1.60 bits per heavy atom. The topological polar surface area (TPSA) is 61.4 Å². The number of rotatable bonds is 7. The molecule has 25 heavy (non-hydrogen) atoms. The van der Waals surface area contributed by atoms with Crippen LogP contribution < -0.4 is 10.6 Å². The molecule has 0 saturated heterocycles. The summed E-state index contributed by atoms with van der Waals surface area (Å²) in [5.41, 5.74) is 0.357. The highest BCUT2D eigenvalue weighted by Gasteiger charge is 2.27. The number of nitrogens with zero attached hydrogens (tertiary/aromatic N) is 1. The molecule has 1 aromatic carbocycles. The van der Waals surface area contributed by atoms with Crippen LogP contribution in [0.4, 0.5) is 0 Å². The van der Waals surface area contributed by atoms with Crippen LogP contribution in [0.25, 0.3) is 0 Å². The van der Waals surface area contributed by atoms with Crippen LogP contribution in [0.1, 0.15) is 46.2 Å². The summed E-state index contributed by atoms with van der Waals surface area (Å²) in [6.45, 7) is 10.9. The Balaban J connectivity index is 2.96. The Morgan fingerprint density at radius 3 is 2.04 bits per heavy atom. The number of nitrogens with one attached hydrogen (secondary N) is 2. The standard InChI is InChI=1S/C18H27Cl2N3O2/c1-6-23(7-2)16(12-8-13(19)10-14(20)9-12)17(25)21-11-15(24)22-18(3,4)5/h8-10,16H,6-7,11H2,1-5H3,(H,21,25)(H,22,24). The summed E-state index contributed by atoms with van der Waals surface area (Å²) >= 11 is 12.2. The fourth-order valence-electron chi connectivity index (χ4n) is 2.58. The van der Waals surface area contributed by atoms with Gasteiger partial charge in [-0.25, -0.2) is 0 Å². The third kappa shape index (κ3) is 7.22. The van der Waals surface area contributed by atoms with E-state index in [-0.39, 0.29) is 23.9 Å². The molecule has 1 unspecified atom stereocenters. The van der Waals surface area contributed by atoms with E-state index in [0.29, 0.717) is 28.7 Å². The molecule has 0 aliphatic carbocycles. The molecule has 7 heteroatoms. The van der Waals surface area contributed by atoms with Gasteiger partial charge < -0.3 is 10.6 Å². The first-order valence-electron chi connectivity index (χ1n) is 8.36. The monoisotopic (exact) mass is 387 g/mol. The minimum atomic E-state index is -0.561. The van der Waals surface area contributed by atoms with Gasteiger partial charge in [-0.1, -0.05) is 37.0 Å². The zero-order valence-corrected chi connectivity index (χ0v) is 17.0. The highest BCUT2D eigenvalue weighted by molar-refractivity contribution is 6.34.